The van der Waals surface area contributed by atoms with Gasteiger partial charge in [0.05, 0.1) is 11.7 Å². The SMILES string of the molecule is CCCC(O)C(C)(C)C(C)(O)CC. The third-order valence-corrected chi connectivity index (χ3v) is 3.47. The highest BCUT2D eigenvalue weighted by Crippen LogP contribution is 2.38. The van der Waals surface area contributed by atoms with Gasteiger partial charge >= 0.3 is 0 Å². The van der Waals surface area contributed by atoms with Crippen LogP contribution in [0.5, 0.6) is 0 Å². The molecule has 0 radical (unpaired) electrons. The maximum absolute atomic E-state index is 10.1. The Morgan fingerprint density at radius 1 is 1.15 bits per heavy atom. The monoisotopic (exact) mass is 188 g/mol. The van der Waals surface area contributed by atoms with E-state index >= 15 is 0 Å². The number of aliphatic hydroxyl groups excluding tert-OH is 1. The zero-order valence-electron chi connectivity index (χ0n) is 9.59. The maximum atomic E-state index is 10.1. The molecule has 0 amide bonds. The standard InChI is InChI=1S/C11H24O2/c1-6-8-9(12)10(3,4)11(5,13)7-2/h9,12-13H,6-8H2,1-5H3. The molecule has 0 fully saturated rings. The first kappa shape index (κ1) is 12.9. The summed E-state index contributed by atoms with van der Waals surface area (Å²) >= 11 is 0. The molecule has 0 saturated heterocycles. The van der Waals surface area contributed by atoms with Crippen LogP contribution in [0.15, 0.2) is 0 Å². The van der Waals surface area contributed by atoms with Gasteiger partial charge in [0, 0.05) is 5.41 Å². The summed E-state index contributed by atoms with van der Waals surface area (Å²) in [5.41, 5.74) is -1.22. The lowest BCUT2D eigenvalue weighted by Crippen LogP contribution is -2.49. The zero-order chi connectivity index (χ0) is 10.7. The number of rotatable bonds is 5. The minimum Gasteiger partial charge on any atom is -0.392 e. The van der Waals surface area contributed by atoms with Crippen molar-refractivity contribution in [2.45, 2.75) is 65.6 Å². The van der Waals surface area contributed by atoms with E-state index < -0.39 is 17.1 Å². The van der Waals surface area contributed by atoms with E-state index in [1.54, 1.807) is 6.92 Å². The van der Waals surface area contributed by atoms with Gasteiger partial charge in [-0.05, 0) is 19.8 Å². The van der Waals surface area contributed by atoms with E-state index in [1.807, 2.05) is 27.7 Å². The van der Waals surface area contributed by atoms with Gasteiger partial charge in [0.2, 0.25) is 0 Å². The molecular weight excluding hydrogens is 164 g/mol. The molecule has 2 heteroatoms. The molecule has 0 aromatic carbocycles. The molecule has 2 atom stereocenters. The predicted molar refractivity (Wildman–Crippen MR) is 55.6 cm³/mol. The summed E-state index contributed by atoms with van der Waals surface area (Å²) in [6.45, 7) is 9.64. The normalized spacial score (nSPS) is 19.6. The van der Waals surface area contributed by atoms with E-state index in [-0.39, 0.29) is 0 Å². The van der Waals surface area contributed by atoms with Crippen molar-refractivity contribution in [3.05, 3.63) is 0 Å². The van der Waals surface area contributed by atoms with Gasteiger partial charge in [0.15, 0.2) is 0 Å². The Kier molecular flexibility index (Phi) is 4.40. The van der Waals surface area contributed by atoms with Gasteiger partial charge in [0.1, 0.15) is 0 Å². The zero-order valence-corrected chi connectivity index (χ0v) is 9.59. The molecule has 2 unspecified atom stereocenters. The molecule has 2 N–H and O–H groups in total. The molecule has 0 saturated carbocycles. The van der Waals surface area contributed by atoms with Crippen LogP contribution >= 0.6 is 0 Å². The van der Waals surface area contributed by atoms with E-state index in [0.29, 0.717) is 6.42 Å². The van der Waals surface area contributed by atoms with Crippen LogP contribution in [0.4, 0.5) is 0 Å². The third-order valence-electron chi connectivity index (χ3n) is 3.47. The van der Waals surface area contributed by atoms with Crippen LogP contribution in [0.2, 0.25) is 0 Å². The van der Waals surface area contributed by atoms with Gasteiger partial charge in [0.25, 0.3) is 0 Å². The molecule has 13 heavy (non-hydrogen) atoms. The van der Waals surface area contributed by atoms with Gasteiger partial charge < -0.3 is 10.2 Å². The predicted octanol–water partition coefficient (Wildman–Crippen LogP) is 2.33. The smallest absolute Gasteiger partial charge is 0.0692 e. The summed E-state index contributed by atoms with van der Waals surface area (Å²) in [5.74, 6) is 0. The lowest BCUT2D eigenvalue weighted by Gasteiger charge is -2.43. The third kappa shape index (κ3) is 2.68. The molecule has 0 rings (SSSR count). The van der Waals surface area contributed by atoms with Crippen molar-refractivity contribution < 1.29 is 10.2 Å². The number of hydrogen-bond acceptors (Lipinski definition) is 2. The molecule has 2 nitrogen and oxygen atoms in total. The summed E-state index contributed by atoms with van der Waals surface area (Å²) in [4.78, 5) is 0. The van der Waals surface area contributed by atoms with Gasteiger partial charge in [-0.25, -0.2) is 0 Å². The minimum absolute atomic E-state index is 0.424. The van der Waals surface area contributed by atoms with E-state index in [0.717, 1.165) is 12.8 Å². The van der Waals surface area contributed by atoms with Crippen LogP contribution in [0.1, 0.15) is 53.9 Å². The molecule has 0 bridgehead atoms. The average molecular weight is 188 g/mol. The first-order valence-electron chi connectivity index (χ1n) is 5.20. The number of hydrogen-bond donors (Lipinski definition) is 2. The van der Waals surface area contributed by atoms with Gasteiger partial charge in [-0.3, -0.25) is 0 Å². The molecule has 0 aromatic rings. The minimum atomic E-state index is -0.790. The Bertz CT molecular complexity index is 150. The van der Waals surface area contributed by atoms with Gasteiger partial charge in [-0.2, -0.15) is 0 Å². The quantitative estimate of drug-likeness (QED) is 0.695. The molecule has 0 aliphatic heterocycles. The average Bonchev–Trinajstić information content (AvgIpc) is 2.04. The molecule has 0 heterocycles. The summed E-state index contributed by atoms with van der Waals surface area (Å²) in [6.07, 6.45) is 1.95. The highest BCUT2D eigenvalue weighted by molar-refractivity contribution is 4.93. The lowest BCUT2D eigenvalue weighted by molar-refractivity contribution is -0.118. The Labute approximate surface area is 82.0 Å². The van der Waals surface area contributed by atoms with E-state index in [2.05, 4.69) is 0 Å². The molecule has 0 aromatic heterocycles. The molecular formula is C11H24O2. The van der Waals surface area contributed by atoms with Crippen molar-refractivity contribution in [3.8, 4) is 0 Å². The summed E-state index contributed by atoms with van der Waals surface area (Å²) in [7, 11) is 0. The molecule has 0 aliphatic carbocycles. The van der Waals surface area contributed by atoms with E-state index in [1.165, 1.54) is 0 Å². The molecule has 0 aliphatic rings. The topological polar surface area (TPSA) is 40.5 Å². The van der Waals surface area contributed by atoms with Gasteiger partial charge in [-0.15, -0.1) is 0 Å². The highest BCUT2D eigenvalue weighted by Gasteiger charge is 2.42. The summed E-state index contributed by atoms with van der Waals surface area (Å²) in [6, 6.07) is 0. The largest absolute Gasteiger partial charge is 0.392 e. The van der Waals surface area contributed by atoms with Crippen LogP contribution in [0.3, 0.4) is 0 Å². The van der Waals surface area contributed by atoms with Crippen molar-refractivity contribution in [2.75, 3.05) is 0 Å². The van der Waals surface area contributed by atoms with Crippen molar-refractivity contribution in [1.82, 2.24) is 0 Å². The Balaban J connectivity index is 4.53. The van der Waals surface area contributed by atoms with Gasteiger partial charge in [-0.1, -0.05) is 34.1 Å². The van der Waals surface area contributed by atoms with Crippen molar-refractivity contribution in [1.29, 1.82) is 0 Å². The number of aliphatic hydroxyl groups is 2. The Morgan fingerprint density at radius 2 is 1.62 bits per heavy atom. The summed E-state index contributed by atoms with van der Waals surface area (Å²) in [5, 5.41) is 20.0. The first-order chi connectivity index (χ1) is 5.79. The van der Waals surface area contributed by atoms with Crippen molar-refractivity contribution in [2.24, 2.45) is 5.41 Å². The van der Waals surface area contributed by atoms with Crippen LogP contribution < -0.4 is 0 Å². The van der Waals surface area contributed by atoms with Crippen LogP contribution in [0, 0.1) is 5.41 Å². The Hall–Kier alpha value is -0.0800. The fourth-order valence-electron chi connectivity index (χ4n) is 1.45. The van der Waals surface area contributed by atoms with Crippen molar-refractivity contribution in [3.63, 3.8) is 0 Å². The van der Waals surface area contributed by atoms with Crippen LogP contribution in [0.25, 0.3) is 0 Å². The fourth-order valence-corrected chi connectivity index (χ4v) is 1.45. The van der Waals surface area contributed by atoms with E-state index in [9.17, 15) is 10.2 Å². The molecule has 0 spiro atoms. The second-order valence-corrected chi connectivity index (χ2v) is 4.65. The summed E-state index contributed by atoms with van der Waals surface area (Å²) < 4.78 is 0. The molecule has 80 valence electrons. The maximum Gasteiger partial charge on any atom is 0.0692 e. The fraction of sp³-hybridized carbons (Fsp3) is 1.00. The highest BCUT2D eigenvalue weighted by atomic mass is 16.3. The second-order valence-electron chi connectivity index (χ2n) is 4.65. The lowest BCUT2D eigenvalue weighted by atomic mass is 9.69. The van der Waals surface area contributed by atoms with Crippen molar-refractivity contribution >= 4 is 0 Å². The van der Waals surface area contributed by atoms with E-state index in [4.69, 9.17) is 0 Å². The van der Waals surface area contributed by atoms with Crippen LogP contribution in [-0.4, -0.2) is 21.9 Å². The second kappa shape index (κ2) is 4.43. The Morgan fingerprint density at radius 3 is 1.92 bits per heavy atom. The first-order valence-corrected chi connectivity index (χ1v) is 5.20. The van der Waals surface area contributed by atoms with Crippen LogP contribution in [-0.2, 0) is 0 Å².